The van der Waals surface area contributed by atoms with Gasteiger partial charge in [-0.05, 0) is 38.5 Å². The van der Waals surface area contributed by atoms with Crippen LogP contribution in [0.5, 0.6) is 5.75 Å². The standard InChI is InChI=1S/C13H21N3O/c1-10(2)16-13(14)15-7-8-17-12-6-4-5-11(3)9-12/h4-6,9-10H,7-8H2,1-3H3,(H3,14,15,16). The summed E-state index contributed by atoms with van der Waals surface area (Å²) >= 11 is 0. The molecule has 94 valence electrons. The SMILES string of the molecule is Cc1cccc(OCCN=C(N)NC(C)C)c1. The fraction of sp³-hybridized carbons (Fsp3) is 0.462. The van der Waals surface area contributed by atoms with Crippen molar-refractivity contribution in [2.75, 3.05) is 13.2 Å². The summed E-state index contributed by atoms with van der Waals surface area (Å²) in [6.45, 7) is 7.16. The summed E-state index contributed by atoms with van der Waals surface area (Å²) in [6, 6.07) is 8.25. The first-order chi connectivity index (χ1) is 8.08. The van der Waals surface area contributed by atoms with Gasteiger partial charge < -0.3 is 15.8 Å². The summed E-state index contributed by atoms with van der Waals surface area (Å²) in [5.41, 5.74) is 6.85. The number of nitrogens with zero attached hydrogens (tertiary/aromatic N) is 1. The molecule has 0 aliphatic heterocycles. The molecule has 1 aromatic carbocycles. The number of hydrogen-bond donors (Lipinski definition) is 2. The van der Waals surface area contributed by atoms with Crippen molar-refractivity contribution < 1.29 is 4.74 Å². The van der Waals surface area contributed by atoms with E-state index in [-0.39, 0.29) is 0 Å². The lowest BCUT2D eigenvalue weighted by Crippen LogP contribution is -2.37. The normalized spacial score (nSPS) is 11.6. The molecule has 1 aromatic rings. The zero-order valence-electron chi connectivity index (χ0n) is 10.7. The topological polar surface area (TPSA) is 59.6 Å². The van der Waals surface area contributed by atoms with Crippen molar-refractivity contribution in [1.29, 1.82) is 0 Å². The third-order valence-corrected chi connectivity index (χ3v) is 2.07. The molecule has 0 atom stereocenters. The second kappa shape index (κ2) is 6.78. The van der Waals surface area contributed by atoms with Gasteiger partial charge in [0, 0.05) is 6.04 Å². The minimum Gasteiger partial charge on any atom is -0.492 e. The molecule has 0 amide bonds. The fourth-order valence-electron chi connectivity index (χ4n) is 1.38. The summed E-state index contributed by atoms with van der Waals surface area (Å²) in [6.07, 6.45) is 0. The number of nitrogens with two attached hydrogens (primary N) is 1. The summed E-state index contributed by atoms with van der Waals surface area (Å²) < 4.78 is 5.55. The van der Waals surface area contributed by atoms with Crippen LogP contribution in [-0.4, -0.2) is 25.2 Å². The van der Waals surface area contributed by atoms with Crippen LogP contribution in [0.15, 0.2) is 29.3 Å². The molecule has 1 rings (SSSR count). The van der Waals surface area contributed by atoms with Gasteiger partial charge in [-0.2, -0.15) is 0 Å². The van der Waals surface area contributed by atoms with Crippen molar-refractivity contribution in [2.24, 2.45) is 10.7 Å². The van der Waals surface area contributed by atoms with E-state index in [1.54, 1.807) is 0 Å². The Bertz CT molecular complexity index is 375. The van der Waals surface area contributed by atoms with Crippen molar-refractivity contribution in [3.63, 3.8) is 0 Å². The Morgan fingerprint density at radius 2 is 2.24 bits per heavy atom. The Morgan fingerprint density at radius 3 is 2.88 bits per heavy atom. The monoisotopic (exact) mass is 235 g/mol. The van der Waals surface area contributed by atoms with E-state index in [9.17, 15) is 0 Å². The molecule has 0 saturated carbocycles. The van der Waals surface area contributed by atoms with E-state index in [4.69, 9.17) is 10.5 Å². The Labute approximate surface area is 103 Å². The number of ether oxygens (including phenoxy) is 1. The highest BCUT2D eigenvalue weighted by Crippen LogP contribution is 2.11. The molecule has 0 bridgehead atoms. The molecule has 0 heterocycles. The fourth-order valence-corrected chi connectivity index (χ4v) is 1.38. The van der Waals surface area contributed by atoms with E-state index >= 15 is 0 Å². The Hall–Kier alpha value is -1.71. The second-order valence-electron chi connectivity index (χ2n) is 4.23. The highest BCUT2D eigenvalue weighted by atomic mass is 16.5. The maximum Gasteiger partial charge on any atom is 0.188 e. The van der Waals surface area contributed by atoms with Gasteiger partial charge in [0.15, 0.2) is 5.96 Å². The highest BCUT2D eigenvalue weighted by molar-refractivity contribution is 5.78. The average Bonchev–Trinajstić information content (AvgIpc) is 2.23. The van der Waals surface area contributed by atoms with Gasteiger partial charge in [-0.15, -0.1) is 0 Å². The van der Waals surface area contributed by atoms with Crippen molar-refractivity contribution in [1.82, 2.24) is 5.32 Å². The van der Waals surface area contributed by atoms with E-state index < -0.39 is 0 Å². The molecular weight excluding hydrogens is 214 g/mol. The minimum absolute atomic E-state index is 0.302. The third kappa shape index (κ3) is 5.80. The number of guanidine groups is 1. The quantitative estimate of drug-likeness (QED) is 0.464. The van der Waals surface area contributed by atoms with Crippen LogP contribution in [0.2, 0.25) is 0 Å². The van der Waals surface area contributed by atoms with Crippen molar-refractivity contribution >= 4 is 5.96 Å². The Morgan fingerprint density at radius 1 is 1.47 bits per heavy atom. The molecule has 0 radical (unpaired) electrons. The second-order valence-corrected chi connectivity index (χ2v) is 4.23. The zero-order chi connectivity index (χ0) is 12.7. The van der Waals surface area contributed by atoms with Crippen LogP contribution in [0.4, 0.5) is 0 Å². The van der Waals surface area contributed by atoms with Gasteiger partial charge in [0.2, 0.25) is 0 Å². The van der Waals surface area contributed by atoms with Crippen LogP contribution in [0.25, 0.3) is 0 Å². The number of hydrogen-bond acceptors (Lipinski definition) is 2. The highest BCUT2D eigenvalue weighted by Gasteiger charge is 1.95. The summed E-state index contributed by atoms with van der Waals surface area (Å²) in [5, 5.41) is 3.02. The first-order valence-electron chi connectivity index (χ1n) is 5.84. The average molecular weight is 235 g/mol. The molecule has 3 N–H and O–H groups in total. The molecule has 4 heteroatoms. The molecule has 4 nitrogen and oxygen atoms in total. The maximum absolute atomic E-state index is 5.66. The summed E-state index contributed by atoms with van der Waals surface area (Å²) in [5.74, 6) is 1.34. The lowest BCUT2D eigenvalue weighted by atomic mass is 10.2. The Kier molecular flexibility index (Phi) is 5.33. The molecule has 0 aliphatic rings. The minimum atomic E-state index is 0.302. The van der Waals surface area contributed by atoms with Crippen molar-refractivity contribution in [3.05, 3.63) is 29.8 Å². The van der Waals surface area contributed by atoms with Gasteiger partial charge in [0.05, 0.1) is 6.54 Å². The van der Waals surface area contributed by atoms with Crippen LogP contribution in [0.1, 0.15) is 19.4 Å². The van der Waals surface area contributed by atoms with E-state index in [1.807, 2.05) is 45.0 Å². The molecule has 0 unspecified atom stereocenters. The summed E-state index contributed by atoms with van der Waals surface area (Å²) in [7, 11) is 0. The molecule has 0 saturated heterocycles. The molecule has 0 fully saturated rings. The molecule has 0 spiro atoms. The lowest BCUT2D eigenvalue weighted by molar-refractivity contribution is 0.328. The van der Waals surface area contributed by atoms with Crippen molar-refractivity contribution in [3.8, 4) is 5.75 Å². The van der Waals surface area contributed by atoms with Gasteiger partial charge in [0.1, 0.15) is 12.4 Å². The van der Waals surface area contributed by atoms with Gasteiger partial charge in [-0.3, -0.25) is 0 Å². The van der Waals surface area contributed by atoms with Crippen LogP contribution >= 0.6 is 0 Å². The number of nitrogens with one attached hydrogen (secondary N) is 1. The molecule has 17 heavy (non-hydrogen) atoms. The van der Waals surface area contributed by atoms with Gasteiger partial charge in [0.25, 0.3) is 0 Å². The number of benzene rings is 1. The van der Waals surface area contributed by atoms with Crippen LogP contribution < -0.4 is 15.8 Å². The zero-order valence-corrected chi connectivity index (χ0v) is 10.7. The predicted molar refractivity (Wildman–Crippen MR) is 71.4 cm³/mol. The molecule has 0 aromatic heterocycles. The number of aryl methyl sites for hydroxylation is 1. The van der Waals surface area contributed by atoms with E-state index in [1.165, 1.54) is 5.56 Å². The van der Waals surface area contributed by atoms with Gasteiger partial charge in [-0.1, -0.05) is 12.1 Å². The molecule has 0 aliphatic carbocycles. The first-order valence-corrected chi connectivity index (χ1v) is 5.84. The number of rotatable bonds is 5. The largest absolute Gasteiger partial charge is 0.492 e. The smallest absolute Gasteiger partial charge is 0.188 e. The van der Waals surface area contributed by atoms with E-state index in [2.05, 4.69) is 10.3 Å². The first kappa shape index (κ1) is 13.4. The third-order valence-electron chi connectivity index (χ3n) is 2.07. The van der Waals surface area contributed by atoms with E-state index in [0.717, 1.165) is 5.75 Å². The summed E-state index contributed by atoms with van der Waals surface area (Å²) in [4.78, 5) is 4.16. The van der Waals surface area contributed by atoms with Crippen LogP contribution in [0, 0.1) is 6.92 Å². The van der Waals surface area contributed by atoms with Gasteiger partial charge >= 0.3 is 0 Å². The van der Waals surface area contributed by atoms with Crippen LogP contribution in [-0.2, 0) is 0 Å². The predicted octanol–water partition coefficient (Wildman–Crippen LogP) is 1.69. The maximum atomic E-state index is 5.66. The number of aliphatic imine (C=N–C) groups is 1. The van der Waals surface area contributed by atoms with E-state index in [0.29, 0.717) is 25.2 Å². The Balaban J connectivity index is 2.28. The van der Waals surface area contributed by atoms with Crippen LogP contribution in [0.3, 0.4) is 0 Å². The lowest BCUT2D eigenvalue weighted by Gasteiger charge is -2.09. The van der Waals surface area contributed by atoms with Gasteiger partial charge in [-0.25, -0.2) is 4.99 Å². The van der Waals surface area contributed by atoms with Crippen molar-refractivity contribution in [2.45, 2.75) is 26.8 Å². The molecular formula is C13H21N3O.